The fourth-order valence-electron chi connectivity index (χ4n) is 2.01. The van der Waals surface area contributed by atoms with Crippen LogP contribution >= 0.6 is 11.3 Å². The normalized spacial score (nSPS) is 10.7. The molecule has 0 atom stereocenters. The lowest BCUT2D eigenvalue weighted by atomic mass is 10.1. The molecule has 1 aromatic carbocycles. The smallest absolute Gasteiger partial charge is 0.271 e. The van der Waals surface area contributed by atoms with Gasteiger partial charge in [-0.15, -0.1) is 11.3 Å². The van der Waals surface area contributed by atoms with E-state index in [1.807, 2.05) is 5.38 Å². The zero-order chi connectivity index (χ0) is 14.8. The van der Waals surface area contributed by atoms with Gasteiger partial charge in [0.15, 0.2) is 5.78 Å². The summed E-state index contributed by atoms with van der Waals surface area (Å²) in [5.74, 6) is 0.544. The molecule has 0 N–H and O–H groups in total. The van der Waals surface area contributed by atoms with Gasteiger partial charge in [-0.25, -0.2) is 4.98 Å². The zero-order valence-electron chi connectivity index (χ0n) is 11.3. The van der Waals surface area contributed by atoms with Gasteiger partial charge < -0.3 is 4.74 Å². The number of rotatable bonds is 4. The molecule has 0 amide bonds. The topological polar surface area (TPSA) is 61.2 Å². The predicted molar refractivity (Wildman–Crippen MR) is 81.2 cm³/mol. The molecule has 0 saturated carbocycles. The van der Waals surface area contributed by atoms with Gasteiger partial charge >= 0.3 is 0 Å². The van der Waals surface area contributed by atoms with Gasteiger partial charge in [0.1, 0.15) is 10.4 Å². The van der Waals surface area contributed by atoms with Crippen LogP contribution in [-0.4, -0.2) is 22.4 Å². The second kappa shape index (κ2) is 5.49. The standard InChI is InChI=1S/C15H12N2O3S/c1-20-11-4-2-10(3-5-11)13(18)8-17-9-16-12-6-7-21-14(12)15(17)19/h2-7,9H,8H2,1H3. The maximum absolute atomic E-state index is 12.2. The fraction of sp³-hybridized carbons (Fsp3) is 0.133. The van der Waals surface area contributed by atoms with E-state index in [0.29, 0.717) is 21.5 Å². The Hall–Kier alpha value is -2.47. The number of carbonyl (C=O) groups excluding carboxylic acids is 1. The quantitative estimate of drug-likeness (QED) is 0.694. The number of carbonyl (C=O) groups is 1. The van der Waals surface area contributed by atoms with Gasteiger partial charge in [0.05, 0.1) is 25.5 Å². The molecule has 2 aromatic heterocycles. The summed E-state index contributed by atoms with van der Waals surface area (Å²) in [4.78, 5) is 28.6. The van der Waals surface area contributed by atoms with Crippen LogP contribution in [0.15, 0.2) is 46.8 Å². The van der Waals surface area contributed by atoms with E-state index in [9.17, 15) is 9.59 Å². The number of ether oxygens (including phenoxy) is 1. The molecule has 21 heavy (non-hydrogen) atoms. The number of hydrogen-bond acceptors (Lipinski definition) is 5. The van der Waals surface area contributed by atoms with Gasteiger partial charge in [0.25, 0.3) is 5.56 Å². The van der Waals surface area contributed by atoms with Crippen LogP contribution in [0.1, 0.15) is 10.4 Å². The minimum Gasteiger partial charge on any atom is -0.497 e. The van der Waals surface area contributed by atoms with E-state index < -0.39 is 0 Å². The van der Waals surface area contributed by atoms with Gasteiger partial charge in [0.2, 0.25) is 0 Å². The number of nitrogens with zero attached hydrogens (tertiary/aromatic N) is 2. The maximum Gasteiger partial charge on any atom is 0.271 e. The number of thiophene rings is 1. The van der Waals surface area contributed by atoms with Gasteiger partial charge in [-0.05, 0) is 35.7 Å². The lowest BCUT2D eigenvalue weighted by Crippen LogP contribution is -2.24. The molecule has 0 radical (unpaired) electrons. The second-order valence-electron chi connectivity index (χ2n) is 4.46. The van der Waals surface area contributed by atoms with Crippen molar-refractivity contribution >= 4 is 27.3 Å². The van der Waals surface area contributed by atoms with E-state index in [-0.39, 0.29) is 17.9 Å². The maximum atomic E-state index is 12.2. The van der Waals surface area contributed by atoms with Crippen LogP contribution in [0.25, 0.3) is 10.2 Å². The zero-order valence-corrected chi connectivity index (χ0v) is 12.1. The van der Waals surface area contributed by atoms with Crippen LogP contribution in [0, 0.1) is 0 Å². The monoisotopic (exact) mass is 300 g/mol. The molecule has 3 aromatic rings. The van der Waals surface area contributed by atoms with E-state index in [1.54, 1.807) is 37.4 Å². The fourth-order valence-corrected chi connectivity index (χ4v) is 2.81. The SMILES string of the molecule is COc1ccc(C(=O)Cn2cnc3ccsc3c2=O)cc1. The molecule has 0 fully saturated rings. The summed E-state index contributed by atoms with van der Waals surface area (Å²) < 4.78 is 6.96. The lowest BCUT2D eigenvalue weighted by Gasteiger charge is -2.05. The molecule has 0 aliphatic rings. The van der Waals surface area contributed by atoms with Gasteiger partial charge in [-0.3, -0.25) is 14.2 Å². The van der Waals surface area contributed by atoms with Crippen molar-refractivity contribution in [2.24, 2.45) is 0 Å². The minimum absolute atomic E-state index is 0.0218. The summed E-state index contributed by atoms with van der Waals surface area (Å²) in [6.07, 6.45) is 1.42. The van der Waals surface area contributed by atoms with Gasteiger partial charge in [0, 0.05) is 5.56 Å². The van der Waals surface area contributed by atoms with Crippen LogP contribution < -0.4 is 10.3 Å². The van der Waals surface area contributed by atoms with Crippen molar-refractivity contribution in [3.8, 4) is 5.75 Å². The second-order valence-corrected chi connectivity index (χ2v) is 5.38. The Morgan fingerprint density at radius 2 is 2.05 bits per heavy atom. The van der Waals surface area contributed by atoms with Crippen molar-refractivity contribution in [3.05, 3.63) is 58.0 Å². The largest absolute Gasteiger partial charge is 0.497 e. The van der Waals surface area contributed by atoms with E-state index >= 15 is 0 Å². The molecule has 0 aliphatic heterocycles. The van der Waals surface area contributed by atoms with Crippen molar-refractivity contribution < 1.29 is 9.53 Å². The van der Waals surface area contributed by atoms with Crippen molar-refractivity contribution in [1.29, 1.82) is 0 Å². The highest BCUT2D eigenvalue weighted by atomic mass is 32.1. The average molecular weight is 300 g/mol. The first kappa shape index (κ1) is 13.5. The highest BCUT2D eigenvalue weighted by Gasteiger charge is 2.11. The van der Waals surface area contributed by atoms with Crippen LogP contribution in [0.2, 0.25) is 0 Å². The number of fused-ring (bicyclic) bond motifs is 1. The summed E-state index contributed by atoms with van der Waals surface area (Å²) in [5.41, 5.74) is 1.02. The molecule has 0 saturated heterocycles. The van der Waals surface area contributed by atoms with E-state index in [0.717, 1.165) is 0 Å². The van der Waals surface area contributed by atoms with Gasteiger partial charge in [-0.1, -0.05) is 0 Å². The third-order valence-corrected chi connectivity index (χ3v) is 4.05. The molecule has 5 nitrogen and oxygen atoms in total. The summed E-state index contributed by atoms with van der Waals surface area (Å²) in [5, 5.41) is 1.81. The third kappa shape index (κ3) is 2.57. The number of methoxy groups -OCH3 is 1. The molecule has 3 rings (SSSR count). The van der Waals surface area contributed by atoms with Crippen LogP contribution in [0.4, 0.5) is 0 Å². The lowest BCUT2D eigenvalue weighted by molar-refractivity contribution is 0.0970. The first-order valence-corrected chi connectivity index (χ1v) is 7.17. The third-order valence-electron chi connectivity index (χ3n) is 3.16. The highest BCUT2D eigenvalue weighted by molar-refractivity contribution is 7.17. The molecule has 0 unspecified atom stereocenters. The van der Waals surface area contributed by atoms with Crippen LogP contribution in [0.5, 0.6) is 5.75 Å². The first-order valence-electron chi connectivity index (χ1n) is 6.29. The number of ketones is 1. The van der Waals surface area contributed by atoms with Crippen molar-refractivity contribution in [2.75, 3.05) is 7.11 Å². The number of Topliss-reactive ketones (excluding diaryl/α,β-unsaturated/α-hetero) is 1. The first-order chi connectivity index (χ1) is 10.2. The molecule has 0 spiro atoms. The Bertz CT molecular complexity index is 849. The van der Waals surface area contributed by atoms with Gasteiger partial charge in [-0.2, -0.15) is 0 Å². The highest BCUT2D eigenvalue weighted by Crippen LogP contribution is 2.14. The van der Waals surface area contributed by atoms with Crippen molar-refractivity contribution in [1.82, 2.24) is 9.55 Å². The Morgan fingerprint density at radius 1 is 1.29 bits per heavy atom. The van der Waals surface area contributed by atoms with Crippen LogP contribution in [0.3, 0.4) is 0 Å². The van der Waals surface area contributed by atoms with Crippen LogP contribution in [-0.2, 0) is 6.54 Å². The number of hydrogen-bond donors (Lipinski definition) is 0. The number of aromatic nitrogens is 2. The number of benzene rings is 1. The Balaban J connectivity index is 1.88. The molecule has 0 bridgehead atoms. The molecule has 106 valence electrons. The van der Waals surface area contributed by atoms with E-state index in [4.69, 9.17) is 4.74 Å². The van der Waals surface area contributed by atoms with E-state index in [2.05, 4.69) is 4.98 Å². The predicted octanol–water partition coefficient (Wildman–Crippen LogP) is 2.35. The summed E-state index contributed by atoms with van der Waals surface area (Å²) in [6, 6.07) is 8.59. The molecular weight excluding hydrogens is 288 g/mol. The molecule has 6 heteroatoms. The van der Waals surface area contributed by atoms with E-state index in [1.165, 1.54) is 22.2 Å². The Kier molecular flexibility index (Phi) is 3.53. The minimum atomic E-state index is -0.183. The molecule has 0 aliphatic carbocycles. The van der Waals surface area contributed by atoms with Crippen molar-refractivity contribution in [2.45, 2.75) is 6.54 Å². The summed E-state index contributed by atoms with van der Waals surface area (Å²) in [7, 11) is 1.57. The Morgan fingerprint density at radius 3 is 2.76 bits per heavy atom. The average Bonchev–Trinajstić information content (AvgIpc) is 2.99. The molecular formula is C15H12N2O3S. The Labute approximate surface area is 124 Å². The van der Waals surface area contributed by atoms with Crippen molar-refractivity contribution in [3.63, 3.8) is 0 Å². The molecule has 2 heterocycles. The summed E-state index contributed by atoms with van der Waals surface area (Å²) >= 11 is 1.33. The summed E-state index contributed by atoms with van der Waals surface area (Å²) in [6.45, 7) is -0.0218.